The lowest BCUT2D eigenvalue weighted by Crippen LogP contribution is -2.33. The Bertz CT molecular complexity index is 813. The Hall–Kier alpha value is -2.51. The quantitative estimate of drug-likeness (QED) is 0.721. The minimum absolute atomic E-state index is 0.0441. The van der Waals surface area contributed by atoms with E-state index in [0.29, 0.717) is 12.1 Å². The molecule has 7 heteroatoms. The van der Waals surface area contributed by atoms with Crippen molar-refractivity contribution in [2.45, 2.75) is 19.4 Å². The number of nitrogens with one attached hydrogen (secondary N) is 1. The number of aromatic nitrogens is 3. The summed E-state index contributed by atoms with van der Waals surface area (Å²) in [6, 6.07) is 9.72. The number of nitrogens with zero attached hydrogens (tertiary/aromatic N) is 3. The maximum atomic E-state index is 12.1. The molecule has 3 aromatic rings. The number of thiazole rings is 1. The highest BCUT2D eigenvalue weighted by atomic mass is 32.1. The summed E-state index contributed by atoms with van der Waals surface area (Å²) in [4.78, 5) is 16.5. The second kappa shape index (κ2) is 7.37. The van der Waals surface area contributed by atoms with Crippen LogP contribution < -0.4 is 5.32 Å². The molecule has 1 atom stereocenters. The van der Waals surface area contributed by atoms with Gasteiger partial charge in [-0.05, 0) is 25.5 Å². The highest BCUT2D eigenvalue weighted by molar-refractivity contribution is 7.13. The van der Waals surface area contributed by atoms with Crippen molar-refractivity contribution in [2.75, 3.05) is 6.61 Å². The zero-order valence-electron chi connectivity index (χ0n) is 13.2. The largest absolute Gasteiger partial charge is 0.396 e. The number of benzene rings is 1. The van der Waals surface area contributed by atoms with Gasteiger partial charge in [0.25, 0.3) is 5.91 Å². The Morgan fingerprint density at radius 3 is 2.92 bits per heavy atom. The summed E-state index contributed by atoms with van der Waals surface area (Å²) in [6.07, 6.45) is 4.15. The summed E-state index contributed by atoms with van der Waals surface area (Å²) < 4.78 is 1.78. The summed E-state index contributed by atoms with van der Waals surface area (Å²) in [5.41, 5.74) is 2.22. The van der Waals surface area contributed by atoms with Crippen LogP contribution in [0.25, 0.3) is 16.3 Å². The molecule has 3 rings (SSSR count). The molecular formula is C17H18N4O2S. The number of rotatable bonds is 6. The van der Waals surface area contributed by atoms with Gasteiger partial charge in [0.15, 0.2) is 0 Å². The molecule has 0 aliphatic heterocycles. The smallest absolute Gasteiger partial charge is 0.270 e. The van der Waals surface area contributed by atoms with E-state index in [9.17, 15) is 4.79 Å². The zero-order valence-corrected chi connectivity index (χ0v) is 14.0. The van der Waals surface area contributed by atoms with Gasteiger partial charge in [-0.15, -0.1) is 11.3 Å². The van der Waals surface area contributed by atoms with Gasteiger partial charge < -0.3 is 10.4 Å². The summed E-state index contributed by atoms with van der Waals surface area (Å²) in [7, 11) is 0. The normalized spacial score (nSPS) is 12.1. The molecule has 0 spiro atoms. The predicted molar refractivity (Wildman–Crippen MR) is 93.3 cm³/mol. The predicted octanol–water partition coefficient (Wildman–Crippen LogP) is 2.50. The van der Waals surface area contributed by atoms with Gasteiger partial charge in [-0.1, -0.05) is 18.2 Å². The van der Waals surface area contributed by atoms with Gasteiger partial charge in [-0.25, -0.2) is 9.67 Å². The van der Waals surface area contributed by atoms with Crippen molar-refractivity contribution >= 4 is 17.2 Å². The monoisotopic (exact) mass is 342 g/mol. The lowest BCUT2D eigenvalue weighted by Gasteiger charge is -2.10. The van der Waals surface area contributed by atoms with E-state index >= 15 is 0 Å². The Morgan fingerprint density at radius 2 is 2.17 bits per heavy atom. The molecule has 0 aliphatic rings. The Morgan fingerprint density at radius 1 is 1.38 bits per heavy atom. The van der Waals surface area contributed by atoms with Crippen molar-refractivity contribution in [3.63, 3.8) is 0 Å². The van der Waals surface area contributed by atoms with Gasteiger partial charge in [0.1, 0.15) is 10.7 Å². The van der Waals surface area contributed by atoms with Crippen LogP contribution in [0, 0.1) is 0 Å². The van der Waals surface area contributed by atoms with Crippen LogP contribution in [0.4, 0.5) is 0 Å². The van der Waals surface area contributed by atoms with Crippen molar-refractivity contribution in [3.8, 4) is 16.3 Å². The topological polar surface area (TPSA) is 80.0 Å². The van der Waals surface area contributed by atoms with Crippen LogP contribution in [-0.4, -0.2) is 38.4 Å². The van der Waals surface area contributed by atoms with Crippen LogP contribution in [0.15, 0.2) is 48.1 Å². The third-order valence-corrected chi connectivity index (χ3v) is 4.42. The number of amides is 1. The number of carbonyl (C=O) groups excluding carboxylic acids is 1. The molecule has 2 N–H and O–H groups in total. The Labute approximate surface area is 143 Å². The molecule has 0 bridgehead atoms. The Balaban J connectivity index is 1.74. The van der Waals surface area contributed by atoms with E-state index < -0.39 is 0 Å². The molecule has 124 valence electrons. The highest BCUT2D eigenvalue weighted by Gasteiger charge is 2.15. The van der Waals surface area contributed by atoms with Gasteiger partial charge in [0.05, 0.1) is 11.9 Å². The highest BCUT2D eigenvalue weighted by Crippen LogP contribution is 2.24. The zero-order chi connectivity index (χ0) is 16.9. The number of carbonyl (C=O) groups is 1. The lowest BCUT2D eigenvalue weighted by molar-refractivity contribution is 0.0930. The Kier molecular flexibility index (Phi) is 5.02. The maximum Gasteiger partial charge on any atom is 0.270 e. The first-order chi connectivity index (χ1) is 11.7. The van der Waals surface area contributed by atoms with Crippen LogP contribution in [0.3, 0.4) is 0 Å². The third kappa shape index (κ3) is 3.69. The third-order valence-electron chi connectivity index (χ3n) is 3.53. The molecular weight excluding hydrogens is 324 g/mol. The fourth-order valence-corrected chi connectivity index (χ4v) is 3.00. The molecule has 0 saturated carbocycles. The molecule has 0 radical (unpaired) electrons. The molecule has 1 unspecified atom stereocenters. The number of aliphatic hydroxyl groups is 1. The molecule has 6 nitrogen and oxygen atoms in total. The summed E-state index contributed by atoms with van der Waals surface area (Å²) >= 11 is 1.41. The number of hydrogen-bond acceptors (Lipinski definition) is 5. The van der Waals surface area contributed by atoms with E-state index in [1.54, 1.807) is 16.3 Å². The molecule has 24 heavy (non-hydrogen) atoms. The second-order valence-corrected chi connectivity index (χ2v) is 6.29. The van der Waals surface area contributed by atoms with E-state index in [1.807, 2.05) is 43.5 Å². The van der Waals surface area contributed by atoms with Crippen molar-refractivity contribution < 1.29 is 9.90 Å². The molecule has 0 aliphatic carbocycles. The molecule has 1 aromatic carbocycles. The van der Waals surface area contributed by atoms with Gasteiger partial charge in [0.2, 0.25) is 0 Å². The van der Waals surface area contributed by atoms with Gasteiger partial charge in [-0.2, -0.15) is 5.10 Å². The molecule has 0 saturated heterocycles. The summed E-state index contributed by atoms with van der Waals surface area (Å²) in [5.74, 6) is -0.228. The average Bonchev–Trinajstić information content (AvgIpc) is 3.25. The lowest BCUT2D eigenvalue weighted by atomic mass is 10.2. The summed E-state index contributed by atoms with van der Waals surface area (Å²) in [6.45, 7) is 1.90. The van der Waals surface area contributed by atoms with Crippen LogP contribution in [0.5, 0.6) is 0 Å². The van der Waals surface area contributed by atoms with E-state index in [4.69, 9.17) is 5.11 Å². The van der Waals surface area contributed by atoms with Crippen molar-refractivity contribution in [3.05, 3.63) is 53.8 Å². The van der Waals surface area contributed by atoms with Crippen molar-refractivity contribution in [1.82, 2.24) is 20.1 Å². The minimum atomic E-state index is -0.228. The molecule has 2 heterocycles. The molecule has 2 aromatic heterocycles. The van der Waals surface area contributed by atoms with Gasteiger partial charge in [0, 0.05) is 29.8 Å². The van der Waals surface area contributed by atoms with Crippen LogP contribution in [-0.2, 0) is 0 Å². The number of aliphatic hydroxyl groups excluding tert-OH is 1. The van der Waals surface area contributed by atoms with E-state index in [2.05, 4.69) is 15.4 Å². The summed E-state index contributed by atoms with van der Waals surface area (Å²) in [5, 5.41) is 18.5. The first-order valence-corrected chi connectivity index (χ1v) is 8.53. The van der Waals surface area contributed by atoms with E-state index in [1.165, 1.54) is 11.3 Å². The van der Waals surface area contributed by atoms with Crippen LogP contribution in [0.1, 0.15) is 23.8 Å². The minimum Gasteiger partial charge on any atom is -0.396 e. The number of hydrogen-bond donors (Lipinski definition) is 2. The first kappa shape index (κ1) is 16.4. The number of para-hydroxylation sites is 1. The first-order valence-electron chi connectivity index (χ1n) is 7.65. The second-order valence-electron chi connectivity index (χ2n) is 5.43. The fraction of sp³-hybridized carbons (Fsp3) is 0.235. The van der Waals surface area contributed by atoms with E-state index in [0.717, 1.165) is 16.3 Å². The van der Waals surface area contributed by atoms with Crippen LogP contribution in [0.2, 0.25) is 0 Å². The average molecular weight is 342 g/mol. The maximum absolute atomic E-state index is 12.1. The van der Waals surface area contributed by atoms with Crippen molar-refractivity contribution in [2.24, 2.45) is 0 Å². The molecule has 0 fully saturated rings. The van der Waals surface area contributed by atoms with Crippen molar-refractivity contribution in [1.29, 1.82) is 0 Å². The van der Waals surface area contributed by atoms with Gasteiger partial charge >= 0.3 is 0 Å². The SMILES string of the molecule is CC(CCO)NC(=O)c1csc(-c2cnn(-c3ccccc3)c2)n1. The van der Waals surface area contributed by atoms with E-state index in [-0.39, 0.29) is 18.6 Å². The standard InChI is InChI=1S/C17H18N4O2S/c1-12(7-8-22)19-16(23)15-11-24-17(20-15)13-9-18-21(10-13)14-5-3-2-4-6-14/h2-6,9-12,22H,7-8H2,1H3,(H,19,23). The fourth-order valence-electron chi connectivity index (χ4n) is 2.23. The van der Waals surface area contributed by atoms with Gasteiger partial charge in [-0.3, -0.25) is 4.79 Å². The van der Waals surface area contributed by atoms with Crippen LogP contribution >= 0.6 is 11.3 Å². The molecule has 1 amide bonds.